The molecule has 0 bridgehead atoms. The monoisotopic (exact) mass is 258 g/mol. The second-order valence-electron chi connectivity index (χ2n) is 3.92. The number of carbonyl (C=O) groups is 1. The van der Waals surface area contributed by atoms with E-state index in [2.05, 4.69) is 0 Å². The van der Waals surface area contributed by atoms with Crippen LogP contribution in [0.15, 0.2) is 52.3 Å². The number of ether oxygens (including phenoxy) is 1. The number of hydrogen-bond donors (Lipinski definition) is 0. The number of benzene rings is 2. The number of carbonyl (C=O) groups excluding carboxylic acids is 1. The Hall–Kier alpha value is -1.74. The topological polar surface area (TPSA) is 26.3 Å². The fourth-order valence-electron chi connectivity index (χ4n) is 1.63. The van der Waals surface area contributed by atoms with Gasteiger partial charge in [0.25, 0.3) is 0 Å². The van der Waals surface area contributed by atoms with Gasteiger partial charge in [0.2, 0.25) is 0 Å². The van der Waals surface area contributed by atoms with Gasteiger partial charge in [0, 0.05) is 15.4 Å². The van der Waals surface area contributed by atoms with Gasteiger partial charge in [-0.15, -0.1) is 0 Å². The highest BCUT2D eigenvalue weighted by Crippen LogP contribution is 2.31. The largest absolute Gasteiger partial charge is 0.497 e. The molecule has 0 fully saturated rings. The first-order chi connectivity index (χ1) is 8.72. The Labute approximate surface area is 111 Å². The van der Waals surface area contributed by atoms with Gasteiger partial charge in [0.1, 0.15) is 12.0 Å². The molecule has 0 aliphatic rings. The highest BCUT2D eigenvalue weighted by Gasteiger charge is 2.02. The van der Waals surface area contributed by atoms with E-state index in [4.69, 9.17) is 4.74 Å². The Bertz CT molecular complexity index is 547. The van der Waals surface area contributed by atoms with E-state index in [0.29, 0.717) is 5.56 Å². The van der Waals surface area contributed by atoms with Crippen LogP contribution in [0.1, 0.15) is 15.9 Å². The molecule has 0 amide bonds. The molecule has 0 spiro atoms. The van der Waals surface area contributed by atoms with Gasteiger partial charge in [-0.3, -0.25) is 4.79 Å². The van der Waals surface area contributed by atoms with Crippen LogP contribution in [0.4, 0.5) is 0 Å². The van der Waals surface area contributed by atoms with Gasteiger partial charge < -0.3 is 4.74 Å². The van der Waals surface area contributed by atoms with Crippen LogP contribution in [0.3, 0.4) is 0 Å². The molecule has 2 aromatic carbocycles. The van der Waals surface area contributed by atoms with Crippen molar-refractivity contribution in [2.75, 3.05) is 7.11 Å². The summed E-state index contributed by atoms with van der Waals surface area (Å²) in [4.78, 5) is 13.0. The van der Waals surface area contributed by atoms with E-state index in [1.807, 2.05) is 49.4 Å². The van der Waals surface area contributed by atoms with Crippen molar-refractivity contribution in [3.63, 3.8) is 0 Å². The zero-order valence-corrected chi connectivity index (χ0v) is 11.2. The van der Waals surface area contributed by atoms with E-state index in [0.717, 1.165) is 27.4 Å². The molecule has 2 aromatic rings. The quantitative estimate of drug-likeness (QED) is 0.776. The molecular weight excluding hydrogens is 244 g/mol. The third-order valence-electron chi connectivity index (χ3n) is 2.62. The molecule has 0 saturated carbocycles. The van der Waals surface area contributed by atoms with Crippen molar-refractivity contribution in [1.82, 2.24) is 0 Å². The van der Waals surface area contributed by atoms with E-state index in [-0.39, 0.29) is 0 Å². The van der Waals surface area contributed by atoms with Crippen molar-refractivity contribution in [3.8, 4) is 5.75 Å². The summed E-state index contributed by atoms with van der Waals surface area (Å²) in [5.41, 5.74) is 1.83. The molecule has 18 heavy (non-hydrogen) atoms. The third kappa shape index (κ3) is 2.93. The lowest BCUT2D eigenvalue weighted by atomic mass is 10.2. The van der Waals surface area contributed by atoms with Crippen LogP contribution in [0.2, 0.25) is 0 Å². The first-order valence-electron chi connectivity index (χ1n) is 5.60. The van der Waals surface area contributed by atoms with E-state index < -0.39 is 0 Å². The Morgan fingerprint density at radius 1 is 1.11 bits per heavy atom. The fourth-order valence-corrected chi connectivity index (χ4v) is 2.51. The SMILES string of the molecule is COc1ccc(Sc2ccc(C=O)cc2C)cc1. The van der Waals surface area contributed by atoms with Crippen molar-refractivity contribution in [3.05, 3.63) is 53.6 Å². The Balaban J connectivity index is 2.19. The summed E-state index contributed by atoms with van der Waals surface area (Å²) in [6.45, 7) is 2.01. The third-order valence-corrected chi connectivity index (χ3v) is 3.81. The summed E-state index contributed by atoms with van der Waals surface area (Å²) >= 11 is 1.68. The van der Waals surface area contributed by atoms with Crippen molar-refractivity contribution in [2.24, 2.45) is 0 Å². The molecule has 2 rings (SSSR count). The van der Waals surface area contributed by atoms with E-state index in [9.17, 15) is 4.79 Å². The Morgan fingerprint density at radius 3 is 2.39 bits per heavy atom. The molecule has 0 N–H and O–H groups in total. The summed E-state index contributed by atoms with van der Waals surface area (Å²) in [6, 6.07) is 13.7. The van der Waals surface area contributed by atoms with Gasteiger partial charge in [-0.2, -0.15) is 0 Å². The lowest BCUT2D eigenvalue weighted by molar-refractivity contribution is 0.112. The number of hydrogen-bond acceptors (Lipinski definition) is 3. The number of aldehydes is 1. The smallest absolute Gasteiger partial charge is 0.150 e. The van der Waals surface area contributed by atoms with Crippen LogP contribution >= 0.6 is 11.8 Å². The Kier molecular flexibility index (Phi) is 4.05. The van der Waals surface area contributed by atoms with Crippen LogP contribution < -0.4 is 4.74 Å². The predicted octanol–water partition coefficient (Wildman–Crippen LogP) is 3.97. The van der Waals surface area contributed by atoms with Crippen LogP contribution in [-0.4, -0.2) is 13.4 Å². The highest BCUT2D eigenvalue weighted by molar-refractivity contribution is 7.99. The van der Waals surface area contributed by atoms with Crippen LogP contribution in [0, 0.1) is 6.92 Å². The van der Waals surface area contributed by atoms with Gasteiger partial charge in [0.05, 0.1) is 7.11 Å². The van der Waals surface area contributed by atoms with Crippen molar-refractivity contribution in [1.29, 1.82) is 0 Å². The molecule has 3 heteroatoms. The summed E-state index contributed by atoms with van der Waals surface area (Å²) < 4.78 is 5.13. The number of rotatable bonds is 4. The zero-order chi connectivity index (χ0) is 13.0. The van der Waals surface area contributed by atoms with Crippen molar-refractivity contribution in [2.45, 2.75) is 16.7 Å². The van der Waals surface area contributed by atoms with E-state index >= 15 is 0 Å². The van der Waals surface area contributed by atoms with Crippen molar-refractivity contribution < 1.29 is 9.53 Å². The highest BCUT2D eigenvalue weighted by atomic mass is 32.2. The van der Waals surface area contributed by atoms with Gasteiger partial charge in [-0.25, -0.2) is 0 Å². The molecule has 92 valence electrons. The number of aryl methyl sites for hydroxylation is 1. The van der Waals surface area contributed by atoms with Gasteiger partial charge in [-0.05, 0) is 48.9 Å². The summed E-state index contributed by atoms with van der Waals surface area (Å²) in [5, 5.41) is 0. The maximum Gasteiger partial charge on any atom is 0.150 e. The normalized spacial score (nSPS) is 10.1. The molecule has 0 aliphatic heterocycles. The van der Waals surface area contributed by atoms with Crippen LogP contribution in [-0.2, 0) is 0 Å². The molecule has 2 nitrogen and oxygen atoms in total. The number of methoxy groups -OCH3 is 1. The van der Waals surface area contributed by atoms with E-state index in [1.54, 1.807) is 18.9 Å². The fraction of sp³-hybridized carbons (Fsp3) is 0.133. The van der Waals surface area contributed by atoms with Gasteiger partial charge in [-0.1, -0.05) is 17.8 Å². The first kappa shape index (κ1) is 12.7. The average Bonchev–Trinajstić information content (AvgIpc) is 2.42. The summed E-state index contributed by atoms with van der Waals surface area (Å²) in [5.74, 6) is 0.854. The van der Waals surface area contributed by atoms with Gasteiger partial charge in [0.15, 0.2) is 0 Å². The molecule has 0 heterocycles. The standard InChI is InChI=1S/C15H14O2S/c1-11-9-12(10-16)3-8-15(11)18-14-6-4-13(17-2)5-7-14/h3-10H,1-2H3. The van der Waals surface area contributed by atoms with E-state index in [1.165, 1.54) is 0 Å². The lowest BCUT2D eigenvalue weighted by Gasteiger charge is -2.07. The second kappa shape index (κ2) is 5.74. The molecular formula is C15H14O2S. The zero-order valence-electron chi connectivity index (χ0n) is 10.3. The summed E-state index contributed by atoms with van der Waals surface area (Å²) in [7, 11) is 1.66. The Morgan fingerprint density at radius 2 is 1.83 bits per heavy atom. The van der Waals surface area contributed by atoms with Crippen LogP contribution in [0.5, 0.6) is 5.75 Å². The van der Waals surface area contributed by atoms with Gasteiger partial charge >= 0.3 is 0 Å². The summed E-state index contributed by atoms with van der Waals surface area (Å²) in [6.07, 6.45) is 0.870. The maximum atomic E-state index is 10.7. The second-order valence-corrected chi connectivity index (χ2v) is 5.04. The maximum absolute atomic E-state index is 10.7. The minimum Gasteiger partial charge on any atom is -0.497 e. The average molecular weight is 258 g/mol. The first-order valence-corrected chi connectivity index (χ1v) is 6.42. The van der Waals surface area contributed by atoms with Crippen LogP contribution in [0.25, 0.3) is 0 Å². The molecule has 0 atom stereocenters. The molecule has 0 unspecified atom stereocenters. The van der Waals surface area contributed by atoms with Crippen molar-refractivity contribution >= 4 is 18.0 Å². The molecule has 0 aliphatic carbocycles. The molecule has 0 saturated heterocycles. The predicted molar refractivity (Wildman–Crippen MR) is 73.7 cm³/mol. The minimum atomic E-state index is 0.714. The molecule has 0 aromatic heterocycles. The lowest BCUT2D eigenvalue weighted by Crippen LogP contribution is -1.85. The molecule has 0 radical (unpaired) electrons. The minimum absolute atomic E-state index is 0.714.